The number of aromatic carboxylic acids is 1. The molecule has 0 spiro atoms. The third kappa shape index (κ3) is 5.36. The first-order valence-electron chi connectivity index (χ1n) is 13.1. The normalized spacial score (nSPS) is 10.8. The van der Waals surface area contributed by atoms with Crippen LogP contribution in [-0.4, -0.2) is 21.6 Å². The molecule has 198 valence electrons. The van der Waals surface area contributed by atoms with Crippen molar-refractivity contribution in [1.29, 1.82) is 5.26 Å². The molecule has 5 aromatic rings. The lowest BCUT2D eigenvalue weighted by molar-refractivity contribution is 0.0473. The molecule has 0 aliphatic heterocycles. The van der Waals surface area contributed by atoms with Gasteiger partial charge in [-0.1, -0.05) is 60.2 Å². The molecular formula is C34H28N2O4. The highest BCUT2D eigenvalue weighted by Gasteiger charge is 2.20. The van der Waals surface area contributed by atoms with E-state index in [4.69, 9.17) is 4.74 Å². The minimum atomic E-state index is -1.04. The van der Waals surface area contributed by atoms with E-state index in [1.54, 1.807) is 24.3 Å². The number of nitrogens with zero attached hydrogens (tertiary/aromatic N) is 2. The Kier molecular flexibility index (Phi) is 7.48. The highest BCUT2D eigenvalue weighted by molar-refractivity contribution is 5.99. The zero-order valence-electron chi connectivity index (χ0n) is 22.3. The summed E-state index contributed by atoms with van der Waals surface area (Å²) >= 11 is 0. The average Bonchev–Trinajstić information content (AvgIpc) is 3.33. The van der Waals surface area contributed by atoms with Crippen molar-refractivity contribution in [2.45, 2.75) is 33.4 Å². The predicted octanol–water partition coefficient (Wildman–Crippen LogP) is 7.15. The van der Waals surface area contributed by atoms with Gasteiger partial charge >= 0.3 is 11.9 Å². The molecule has 0 aliphatic carbocycles. The van der Waals surface area contributed by atoms with Crippen LogP contribution in [0.25, 0.3) is 22.0 Å². The van der Waals surface area contributed by atoms with Crippen LogP contribution in [0.15, 0.2) is 91.1 Å². The Hall–Kier alpha value is -5.15. The first-order chi connectivity index (χ1) is 19.4. The highest BCUT2D eigenvalue weighted by atomic mass is 16.5. The fraction of sp³-hybridized carbons (Fsp3) is 0.147. The Morgan fingerprint density at radius 3 is 2.45 bits per heavy atom. The smallest absolute Gasteiger partial charge is 0.339 e. The van der Waals surface area contributed by atoms with Crippen LogP contribution >= 0.6 is 0 Å². The van der Waals surface area contributed by atoms with Gasteiger partial charge < -0.3 is 14.4 Å². The lowest BCUT2D eigenvalue weighted by Gasteiger charge is -2.15. The van der Waals surface area contributed by atoms with Crippen molar-refractivity contribution in [3.63, 3.8) is 0 Å². The van der Waals surface area contributed by atoms with Crippen LogP contribution in [-0.2, 0) is 24.3 Å². The molecule has 0 atom stereocenters. The monoisotopic (exact) mass is 528 g/mol. The van der Waals surface area contributed by atoms with Gasteiger partial charge in [0.15, 0.2) is 0 Å². The van der Waals surface area contributed by atoms with E-state index in [9.17, 15) is 20.0 Å². The number of ether oxygens (including phenoxy) is 1. The Morgan fingerprint density at radius 1 is 0.925 bits per heavy atom. The number of carboxylic acids is 1. The van der Waals surface area contributed by atoms with E-state index in [-0.39, 0.29) is 12.2 Å². The van der Waals surface area contributed by atoms with Crippen LogP contribution in [0.2, 0.25) is 0 Å². The summed E-state index contributed by atoms with van der Waals surface area (Å²) in [5.74, 6) is -1.51. The fourth-order valence-electron chi connectivity index (χ4n) is 5.02. The Labute approximate surface area is 232 Å². The molecule has 0 fully saturated rings. The zero-order chi connectivity index (χ0) is 28.2. The maximum Gasteiger partial charge on any atom is 0.339 e. The lowest BCUT2D eigenvalue weighted by Crippen LogP contribution is -2.09. The van der Waals surface area contributed by atoms with E-state index < -0.39 is 11.9 Å². The Morgan fingerprint density at radius 2 is 1.73 bits per heavy atom. The molecule has 0 unspecified atom stereocenters. The minimum Gasteiger partial charge on any atom is -0.478 e. The molecular weight excluding hydrogens is 500 g/mol. The molecule has 5 rings (SSSR count). The third-order valence-corrected chi connectivity index (χ3v) is 7.07. The summed E-state index contributed by atoms with van der Waals surface area (Å²) in [5.41, 5.74) is 7.07. The molecule has 6 nitrogen and oxygen atoms in total. The molecule has 4 aromatic carbocycles. The molecule has 6 heteroatoms. The lowest BCUT2D eigenvalue weighted by atomic mass is 9.90. The summed E-state index contributed by atoms with van der Waals surface area (Å²) in [6.07, 6.45) is 2.59. The van der Waals surface area contributed by atoms with Crippen LogP contribution < -0.4 is 0 Å². The van der Waals surface area contributed by atoms with Gasteiger partial charge in [0.1, 0.15) is 6.61 Å². The quantitative estimate of drug-likeness (QED) is 0.216. The van der Waals surface area contributed by atoms with Gasteiger partial charge in [-0.3, -0.25) is 0 Å². The van der Waals surface area contributed by atoms with Gasteiger partial charge in [-0.25, -0.2) is 9.59 Å². The maximum absolute atomic E-state index is 13.4. The molecule has 0 saturated heterocycles. The fourth-order valence-corrected chi connectivity index (χ4v) is 5.02. The van der Waals surface area contributed by atoms with Crippen LogP contribution in [0, 0.1) is 18.3 Å². The Bertz CT molecular complexity index is 1780. The van der Waals surface area contributed by atoms with Gasteiger partial charge in [0.2, 0.25) is 0 Å². The topological polar surface area (TPSA) is 92.3 Å². The van der Waals surface area contributed by atoms with Gasteiger partial charge in [0.25, 0.3) is 0 Å². The van der Waals surface area contributed by atoms with Gasteiger partial charge in [0.05, 0.1) is 22.8 Å². The summed E-state index contributed by atoms with van der Waals surface area (Å²) in [6, 6.07) is 27.9. The van der Waals surface area contributed by atoms with Crippen molar-refractivity contribution in [1.82, 2.24) is 4.57 Å². The second-order valence-electron chi connectivity index (χ2n) is 9.75. The molecule has 0 bridgehead atoms. The molecule has 0 amide bonds. The van der Waals surface area contributed by atoms with Crippen molar-refractivity contribution in [2.75, 3.05) is 0 Å². The number of aryl methyl sites for hydroxylation is 2. The summed E-state index contributed by atoms with van der Waals surface area (Å²) in [6.45, 7) is 4.83. The molecule has 1 aromatic heterocycles. The van der Waals surface area contributed by atoms with E-state index in [2.05, 4.69) is 23.8 Å². The predicted molar refractivity (Wildman–Crippen MR) is 154 cm³/mol. The number of nitriles is 1. The number of hydrogen-bond donors (Lipinski definition) is 1. The van der Waals surface area contributed by atoms with Crippen molar-refractivity contribution in [3.05, 3.63) is 130 Å². The zero-order valence-corrected chi connectivity index (χ0v) is 22.3. The summed E-state index contributed by atoms with van der Waals surface area (Å²) in [5, 5.41) is 20.2. The summed E-state index contributed by atoms with van der Waals surface area (Å²) in [4.78, 5) is 25.3. The van der Waals surface area contributed by atoms with E-state index >= 15 is 0 Å². The SMILES string of the molecule is CCn1cc(Cc2ccc(C(=O)O)cc2-c2ccc(C)cc2C(=O)OCc2ccccc2)c2ccc(C#N)cc21. The number of fused-ring (bicyclic) bond motifs is 1. The first kappa shape index (κ1) is 26.5. The number of carbonyl (C=O) groups excluding carboxylic acids is 1. The standard InChI is InChI=1S/C34H28N2O4/c1-3-36-20-27(28-14-10-24(19-35)16-32(28)36)17-25-11-12-26(33(37)38)18-30(25)29-13-9-22(2)15-31(29)34(39)40-21-23-7-5-4-6-8-23/h4-16,18,20H,3,17,21H2,1-2H3,(H,37,38). The van der Waals surface area contributed by atoms with Gasteiger partial charge in [-0.2, -0.15) is 5.26 Å². The summed E-state index contributed by atoms with van der Waals surface area (Å²) < 4.78 is 7.79. The van der Waals surface area contributed by atoms with Gasteiger partial charge in [-0.05, 0) is 72.0 Å². The molecule has 0 aliphatic rings. The Balaban J connectivity index is 1.59. The number of carboxylic acid groups (broad SMARTS) is 1. The van der Waals surface area contributed by atoms with E-state index in [0.29, 0.717) is 28.7 Å². The molecule has 0 radical (unpaired) electrons. The number of carbonyl (C=O) groups is 2. The van der Waals surface area contributed by atoms with Crippen LogP contribution in [0.1, 0.15) is 55.5 Å². The minimum absolute atomic E-state index is 0.135. The van der Waals surface area contributed by atoms with Gasteiger partial charge in [0, 0.05) is 30.1 Å². The third-order valence-electron chi connectivity index (χ3n) is 7.07. The number of rotatable bonds is 8. The van der Waals surface area contributed by atoms with Crippen molar-refractivity contribution >= 4 is 22.8 Å². The molecule has 1 heterocycles. The molecule has 1 N–H and O–H groups in total. The average molecular weight is 529 g/mol. The number of hydrogen-bond acceptors (Lipinski definition) is 4. The number of benzene rings is 4. The van der Waals surface area contributed by atoms with Crippen LogP contribution in [0.5, 0.6) is 0 Å². The van der Waals surface area contributed by atoms with E-state index in [1.807, 2.05) is 67.6 Å². The largest absolute Gasteiger partial charge is 0.478 e. The highest BCUT2D eigenvalue weighted by Crippen LogP contribution is 2.33. The van der Waals surface area contributed by atoms with Crippen molar-refractivity contribution in [2.24, 2.45) is 0 Å². The summed E-state index contributed by atoms with van der Waals surface area (Å²) in [7, 11) is 0. The van der Waals surface area contributed by atoms with E-state index in [1.165, 1.54) is 0 Å². The van der Waals surface area contributed by atoms with Gasteiger partial charge in [-0.15, -0.1) is 0 Å². The molecule has 40 heavy (non-hydrogen) atoms. The second-order valence-corrected chi connectivity index (χ2v) is 9.75. The maximum atomic E-state index is 13.4. The van der Waals surface area contributed by atoms with E-state index in [0.717, 1.165) is 39.7 Å². The number of esters is 1. The first-order valence-corrected chi connectivity index (χ1v) is 13.1. The second kappa shape index (κ2) is 11.3. The van der Waals surface area contributed by atoms with Crippen LogP contribution in [0.3, 0.4) is 0 Å². The van der Waals surface area contributed by atoms with Crippen LogP contribution in [0.4, 0.5) is 0 Å². The molecule has 0 saturated carbocycles. The van der Waals surface area contributed by atoms with Crippen molar-refractivity contribution in [3.8, 4) is 17.2 Å². The van der Waals surface area contributed by atoms with Crippen molar-refractivity contribution < 1.29 is 19.4 Å². The number of aromatic nitrogens is 1.